The van der Waals surface area contributed by atoms with Gasteiger partial charge in [-0.05, 0) is 43.5 Å². The molecule has 13 heavy (non-hydrogen) atoms. The Hall–Kier alpha value is -0.600. The predicted octanol–water partition coefficient (Wildman–Crippen LogP) is 1.81. The van der Waals surface area contributed by atoms with Crippen LogP contribution in [0.5, 0.6) is 0 Å². The van der Waals surface area contributed by atoms with Crippen LogP contribution < -0.4 is 5.32 Å². The second-order valence-corrected chi connectivity index (χ2v) is 4.04. The van der Waals surface area contributed by atoms with E-state index in [4.69, 9.17) is 11.6 Å². The molecule has 1 saturated heterocycles. The van der Waals surface area contributed by atoms with E-state index in [2.05, 4.69) is 16.4 Å². The van der Waals surface area contributed by atoms with Crippen LogP contribution in [0.2, 0.25) is 5.15 Å². The third-order valence-corrected chi connectivity index (χ3v) is 2.86. The first-order valence-electron chi connectivity index (χ1n) is 4.57. The molecule has 0 radical (unpaired) electrons. The maximum atomic E-state index is 5.84. The fraction of sp³-hybridized carbons (Fsp3) is 0.500. The van der Waals surface area contributed by atoms with Crippen LogP contribution in [0.4, 0.5) is 0 Å². The molecule has 70 valence electrons. The zero-order valence-corrected chi connectivity index (χ0v) is 8.43. The lowest BCUT2D eigenvalue weighted by molar-refractivity contribution is 0.346. The number of hydrogen-bond donors (Lipinski definition) is 1. The van der Waals surface area contributed by atoms with Crippen LogP contribution in [0.25, 0.3) is 0 Å². The summed E-state index contributed by atoms with van der Waals surface area (Å²) in [4.78, 5) is 4.14. The number of hydrogen-bond acceptors (Lipinski definition) is 2. The second kappa shape index (κ2) is 3.64. The van der Waals surface area contributed by atoms with Crippen molar-refractivity contribution in [3.8, 4) is 0 Å². The highest BCUT2D eigenvalue weighted by Gasteiger charge is 2.17. The number of halogens is 1. The Morgan fingerprint density at radius 1 is 1.62 bits per heavy atom. The molecule has 1 aliphatic heterocycles. The van der Waals surface area contributed by atoms with Crippen LogP contribution in [-0.2, 0) is 6.42 Å². The molecule has 0 spiro atoms. The Bertz CT molecular complexity index is 308. The van der Waals surface area contributed by atoms with Gasteiger partial charge in [0.15, 0.2) is 0 Å². The lowest BCUT2D eigenvalue weighted by atomic mass is 9.95. The van der Waals surface area contributed by atoms with Crippen molar-refractivity contribution in [2.24, 2.45) is 5.92 Å². The quantitative estimate of drug-likeness (QED) is 0.730. The number of rotatable bonds is 2. The van der Waals surface area contributed by atoms with Gasteiger partial charge in [-0.3, -0.25) is 0 Å². The van der Waals surface area contributed by atoms with E-state index >= 15 is 0 Å². The van der Waals surface area contributed by atoms with E-state index in [1.165, 1.54) is 5.56 Å². The van der Waals surface area contributed by atoms with Gasteiger partial charge in [-0.25, -0.2) is 4.98 Å². The minimum Gasteiger partial charge on any atom is -0.316 e. The van der Waals surface area contributed by atoms with Gasteiger partial charge >= 0.3 is 0 Å². The molecular weight excluding hydrogens is 184 g/mol. The SMILES string of the molecule is Cc1cc(CC2CNC2)cnc1Cl. The summed E-state index contributed by atoms with van der Waals surface area (Å²) in [6.45, 7) is 4.28. The lowest BCUT2D eigenvalue weighted by Crippen LogP contribution is -2.43. The third kappa shape index (κ3) is 2.01. The summed E-state index contributed by atoms with van der Waals surface area (Å²) in [5.41, 5.74) is 2.37. The maximum Gasteiger partial charge on any atom is 0.131 e. The maximum absolute atomic E-state index is 5.84. The van der Waals surface area contributed by atoms with E-state index < -0.39 is 0 Å². The molecule has 0 bridgehead atoms. The topological polar surface area (TPSA) is 24.9 Å². The van der Waals surface area contributed by atoms with Crippen LogP contribution in [0.3, 0.4) is 0 Å². The van der Waals surface area contributed by atoms with Crippen molar-refractivity contribution in [1.29, 1.82) is 0 Å². The summed E-state index contributed by atoms with van der Waals surface area (Å²) < 4.78 is 0. The van der Waals surface area contributed by atoms with Crippen LogP contribution in [-0.4, -0.2) is 18.1 Å². The fourth-order valence-electron chi connectivity index (χ4n) is 1.55. The molecule has 1 aromatic heterocycles. The molecule has 0 amide bonds. The summed E-state index contributed by atoms with van der Waals surface area (Å²) >= 11 is 5.84. The first-order valence-corrected chi connectivity index (χ1v) is 4.95. The molecule has 2 heterocycles. The average molecular weight is 197 g/mol. The minimum absolute atomic E-state index is 0.621. The molecular formula is C10H13ClN2. The average Bonchev–Trinajstić information content (AvgIpc) is 2.04. The van der Waals surface area contributed by atoms with Gasteiger partial charge in [0.2, 0.25) is 0 Å². The standard InChI is InChI=1S/C10H13ClN2/c1-7-2-8(6-13-10(7)11)3-9-4-12-5-9/h2,6,9,12H,3-5H2,1H3. The Labute approximate surface area is 83.3 Å². The molecule has 0 aliphatic carbocycles. The Morgan fingerprint density at radius 2 is 2.38 bits per heavy atom. The van der Waals surface area contributed by atoms with E-state index in [0.717, 1.165) is 31.0 Å². The summed E-state index contributed by atoms with van der Waals surface area (Å²) in [6.07, 6.45) is 3.01. The van der Waals surface area contributed by atoms with Crippen LogP contribution in [0.1, 0.15) is 11.1 Å². The van der Waals surface area contributed by atoms with Crippen molar-refractivity contribution >= 4 is 11.6 Å². The molecule has 0 unspecified atom stereocenters. The van der Waals surface area contributed by atoms with Crippen molar-refractivity contribution < 1.29 is 0 Å². The second-order valence-electron chi connectivity index (χ2n) is 3.68. The Kier molecular flexibility index (Phi) is 2.51. The normalized spacial score (nSPS) is 17.1. The van der Waals surface area contributed by atoms with E-state index in [1.807, 2.05) is 13.1 Å². The van der Waals surface area contributed by atoms with Gasteiger partial charge in [0, 0.05) is 6.20 Å². The Morgan fingerprint density at radius 3 is 2.92 bits per heavy atom. The van der Waals surface area contributed by atoms with Crippen LogP contribution in [0, 0.1) is 12.8 Å². The smallest absolute Gasteiger partial charge is 0.131 e. The summed E-state index contributed by atoms with van der Waals surface area (Å²) in [6, 6.07) is 2.13. The number of pyridine rings is 1. The summed E-state index contributed by atoms with van der Waals surface area (Å²) in [5.74, 6) is 0.794. The van der Waals surface area contributed by atoms with E-state index in [0.29, 0.717) is 5.15 Å². The Balaban J connectivity index is 2.07. The van der Waals surface area contributed by atoms with Gasteiger partial charge in [0.05, 0.1) is 0 Å². The van der Waals surface area contributed by atoms with Gasteiger partial charge in [0.25, 0.3) is 0 Å². The molecule has 0 aromatic carbocycles. The van der Waals surface area contributed by atoms with Crippen LogP contribution in [0.15, 0.2) is 12.3 Å². The summed E-state index contributed by atoms with van der Waals surface area (Å²) in [7, 11) is 0. The lowest BCUT2D eigenvalue weighted by Gasteiger charge is -2.27. The largest absolute Gasteiger partial charge is 0.316 e. The minimum atomic E-state index is 0.621. The molecule has 3 heteroatoms. The zero-order valence-electron chi connectivity index (χ0n) is 7.68. The van der Waals surface area contributed by atoms with Crippen molar-refractivity contribution in [3.63, 3.8) is 0 Å². The van der Waals surface area contributed by atoms with Gasteiger partial charge in [-0.15, -0.1) is 0 Å². The van der Waals surface area contributed by atoms with Crippen molar-refractivity contribution in [2.45, 2.75) is 13.3 Å². The van der Waals surface area contributed by atoms with Gasteiger partial charge in [-0.1, -0.05) is 17.7 Å². The van der Waals surface area contributed by atoms with Gasteiger partial charge < -0.3 is 5.32 Å². The molecule has 1 N–H and O–H groups in total. The fourth-order valence-corrected chi connectivity index (χ4v) is 1.66. The molecule has 1 aliphatic rings. The first kappa shape index (κ1) is 8.97. The first-order chi connectivity index (χ1) is 6.25. The highest BCUT2D eigenvalue weighted by molar-refractivity contribution is 6.30. The molecule has 2 nitrogen and oxygen atoms in total. The van der Waals surface area contributed by atoms with E-state index in [-0.39, 0.29) is 0 Å². The third-order valence-electron chi connectivity index (χ3n) is 2.46. The number of nitrogens with one attached hydrogen (secondary N) is 1. The van der Waals surface area contributed by atoms with Crippen molar-refractivity contribution in [3.05, 3.63) is 28.5 Å². The highest BCUT2D eigenvalue weighted by Crippen LogP contribution is 2.16. The van der Waals surface area contributed by atoms with E-state index in [1.54, 1.807) is 0 Å². The molecule has 2 rings (SSSR count). The van der Waals surface area contributed by atoms with Crippen LogP contribution >= 0.6 is 11.6 Å². The number of aryl methyl sites for hydroxylation is 1. The monoisotopic (exact) mass is 196 g/mol. The van der Waals surface area contributed by atoms with Crippen molar-refractivity contribution in [2.75, 3.05) is 13.1 Å². The molecule has 0 atom stereocenters. The predicted molar refractivity (Wildman–Crippen MR) is 54.0 cm³/mol. The summed E-state index contributed by atoms with van der Waals surface area (Å²) in [5, 5.41) is 3.88. The number of nitrogens with zero attached hydrogens (tertiary/aromatic N) is 1. The van der Waals surface area contributed by atoms with Gasteiger partial charge in [-0.2, -0.15) is 0 Å². The number of aromatic nitrogens is 1. The zero-order chi connectivity index (χ0) is 9.26. The molecule has 1 aromatic rings. The van der Waals surface area contributed by atoms with Gasteiger partial charge in [0.1, 0.15) is 5.15 Å². The molecule has 1 fully saturated rings. The molecule has 0 saturated carbocycles. The highest BCUT2D eigenvalue weighted by atomic mass is 35.5. The van der Waals surface area contributed by atoms with E-state index in [9.17, 15) is 0 Å². The van der Waals surface area contributed by atoms with Crippen molar-refractivity contribution in [1.82, 2.24) is 10.3 Å².